The molecule has 0 heterocycles. The first-order valence-corrected chi connectivity index (χ1v) is 7.99. The number of hydrogen-bond acceptors (Lipinski definition) is 3. The van der Waals surface area contributed by atoms with E-state index in [1.165, 1.54) is 0 Å². The van der Waals surface area contributed by atoms with Crippen LogP contribution in [0.1, 0.15) is 32.1 Å². The molecular weight excluding hydrogens is 287 g/mol. The maximum absolute atomic E-state index is 11.4. The van der Waals surface area contributed by atoms with E-state index >= 15 is 0 Å². The van der Waals surface area contributed by atoms with Crippen molar-refractivity contribution in [2.45, 2.75) is 42.9 Å². The number of carbonyl (C=O) groups is 1. The second kappa shape index (κ2) is 6.66. The number of carbonyl (C=O) groups excluding carboxylic acids is 1. The van der Waals surface area contributed by atoms with Gasteiger partial charge in [-0.2, -0.15) is 0 Å². The molecule has 0 spiro atoms. The van der Waals surface area contributed by atoms with E-state index in [0.717, 1.165) is 32.1 Å². The fraction of sp³-hybridized carbons (Fsp3) is 0.889. The molecule has 0 aromatic carbocycles. The molecule has 0 radical (unpaired) electrons. The van der Waals surface area contributed by atoms with E-state index in [4.69, 9.17) is 23.2 Å². The molecule has 5 nitrogen and oxygen atoms in total. The summed E-state index contributed by atoms with van der Waals surface area (Å²) in [4.78, 5) is 11.4. The van der Waals surface area contributed by atoms with Crippen molar-refractivity contribution >= 4 is 39.3 Å². The molecule has 2 N–H and O–H groups in total. The number of sulfonamides is 1. The molecule has 8 heteroatoms. The molecule has 1 fully saturated rings. The average molecular weight is 303 g/mol. The molecule has 0 bridgehead atoms. The zero-order chi connectivity index (χ0) is 12.9. The Bertz CT molecular complexity index is 355. The van der Waals surface area contributed by atoms with Crippen LogP contribution in [0.25, 0.3) is 0 Å². The minimum atomic E-state index is -3.89. The first kappa shape index (κ1) is 14.9. The Balaban J connectivity index is 2.43. The Kier molecular flexibility index (Phi) is 5.82. The third-order valence-corrected chi connectivity index (χ3v) is 5.45. The zero-order valence-electron chi connectivity index (χ0n) is 9.29. The summed E-state index contributed by atoms with van der Waals surface area (Å²) in [6.07, 6.45) is 5.03. The van der Waals surface area contributed by atoms with Crippen LogP contribution >= 0.6 is 23.2 Å². The van der Waals surface area contributed by atoms with Crippen molar-refractivity contribution in [3.05, 3.63) is 0 Å². The van der Waals surface area contributed by atoms with Crippen molar-refractivity contribution in [2.24, 2.45) is 0 Å². The van der Waals surface area contributed by atoms with Crippen molar-refractivity contribution in [1.82, 2.24) is 10.0 Å². The van der Waals surface area contributed by atoms with Gasteiger partial charge in [0.1, 0.15) is 0 Å². The van der Waals surface area contributed by atoms with E-state index in [0.29, 0.717) is 0 Å². The third kappa shape index (κ3) is 4.89. The fourth-order valence-corrected chi connectivity index (χ4v) is 2.98. The van der Waals surface area contributed by atoms with Crippen LogP contribution in [0.3, 0.4) is 0 Å². The van der Waals surface area contributed by atoms with Crippen molar-refractivity contribution in [3.63, 3.8) is 0 Å². The number of halogens is 2. The first-order valence-electron chi connectivity index (χ1n) is 5.48. The van der Waals surface area contributed by atoms with Crippen LogP contribution in [0.15, 0.2) is 0 Å². The molecule has 2 amide bonds. The lowest BCUT2D eigenvalue weighted by molar-refractivity contribution is 0.237. The highest BCUT2D eigenvalue weighted by atomic mass is 35.5. The third-order valence-electron chi connectivity index (χ3n) is 2.63. The molecule has 0 aliphatic heterocycles. The summed E-state index contributed by atoms with van der Waals surface area (Å²) in [5, 5.41) is 2.62. The zero-order valence-corrected chi connectivity index (χ0v) is 11.6. The fourth-order valence-electron chi connectivity index (χ4n) is 1.74. The highest BCUT2D eigenvalue weighted by Crippen LogP contribution is 2.17. The number of nitrogens with one attached hydrogen (secondary N) is 2. The SMILES string of the molecule is O=C(NC1CCCCC1)NS(=O)(=O)C(Cl)CCl. The van der Waals surface area contributed by atoms with Crippen LogP contribution < -0.4 is 10.0 Å². The van der Waals surface area contributed by atoms with Gasteiger partial charge in [0.2, 0.25) is 0 Å². The van der Waals surface area contributed by atoms with Crippen LogP contribution in [0.5, 0.6) is 0 Å². The molecule has 1 rings (SSSR count). The summed E-state index contributed by atoms with van der Waals surface area (Å²) >= 11 is 10.8. The highest BCUT2D eigenvalue weighted by molar-refractivity contribution is 7.92. The highest BCUT2D eigenvalue weighted by Gasteiger charge is 2.25. The molecule has 0 aromatic rings. The lowest BCUT2D eigenvalue weighted by Gasteiger charge is -2.23. The van der Waals surface area contributed by atoms with Gasteiger partial charge < -0.3 is 5.32 Å². The van der Waals surface area contributed by atoms with Crippen molar-refractivity contribution in [1.29, 1.82) is 0 Å². The van der Waals surface area contributed by atoms with Gasteiger partial charge in [0.05, 0.1) is 5.88 Å². The van der Waals surface area contributed by atoms with Crippen LogP contribution in [-0.4, -0.2) is 31.1 Å². The smallest absolute Gasteiger partial charge is 0.328 e. The Morgan fingerprint density at radius 3 is 2.41 bits per heavy atom. The predicted molar refractivity (Wildman–Crippen MR) is 67.8 cm³/mol. The van der Waals surface area contributed by atoms with Gasteiger partial charge in [0, 0.05) is 6.04 Å². The lowest BCUT2D eigenvalue weighted by Crippen LogP contribution is -2.47. The predicted octanol–water partition coefficient (Wildman–Crippen LogP) is 1.75. The van der Waals surface area contributed by atoms with Gasteiger partial charge in [-0.3, -0.25) is 0 Å². The van der Waals surface area contributed by atoms with E-state index in [-0.39, 0.29) is 11.9 Å². The number of urea groups is 1. The largest absolute Gasteiger partial charge is 0.335 e. The minimum absolute atomic E-state index is 0.0451. The van der Waals surface area contributed by atoms with Gasteiger partial charge in [-0.05, 0) is 12.8 Å². The molecule has 1 saturated carbocycles. The van der Waals surface area contributed by atoms with E-state index in [1.54, 1.807) is 0 Å². The van der Waals surface area contributed by atoms with E-state index < -0.39 is 20.8 Å². The number of amides is 2. The quantitative estimate of drug-likeness (QED) is 0.777. The molecular formula is C9H16Cl2N2O3S. The minimum Gasteiger partial charge on any atom is -0.335 e. The van der Waals surface area contributed by atoms with Crippen LogP contribution in [-0.2, 0) is 10.0 Å². The van der Waals surface area contributed by atoms with Gasteiger partial charge in [-0.1, -0.05) is 19.3 Å². The Morgan fingerprint density at radius 1 is 1.29 bits per heavy atom. The summed E-state index contributed by atoms with van der Waals surface area (Å²) in [6, 6.07) is -0.684. The average Bonchev–Trinajstić information content (AvgIpc) is 2.28. The Morgan fingerprint density at radius 2 is 1.88 bits per heavy atom. The van der Waals surface area contributed by atoms with Crippen molar-refractivity contribution < 1.29 is 13.2 Å². The standard InChI is InChI=1S/C9H16Cl2N2O3S/c10-6-8(11)17(15,16)13-9(14)12-7-4-2-1-3-5-7/h7-8H,1-6H2,(H2,12,13,14). The van der Waals surface area contributed by atoms with Gasteiger partial charge in [0.25, 0.3) is 10.0 Å². The monoisotopic (exact) mass is 302 g/mol. The summed E-state index contributed by atoms with van der Waals surface area (Å²) in [5.74, 6) is -0.270. The summed E-state index contributed by atoms with van der Waals surface area (Å²) < 4.78 is 23.4. The molecule has 0 aromatic heterocycles. The number of rotatable bonds is 4. The van der Waals surface area contributed by atoms with Gasteiger partial charge in [0.15, 0.2) is 4.71 Å². The second-order valence-electron chi connectivity index (χ2n) is 4.02. The van der Waals surface area contributed by atoms with Gasteiger partial charge in [-0.25, -0.2) is 17.9 Å². The van der Waals surface area contributed by atoms with Gasteiger partial charge >= 0.3 is 6.03 Å². The molecule has 1 unspecified atom stereocenters. The molecule has 1 atom stereocenters. The summed E-state index contributed by atoms with van der Waals surface area (Å²) in [6.45, 7) is 0. The Hall–Kier alpha value is -0.200. The van der Waals surface area contributed by atoms with E-state index in [9.17, 15) is 13.2 Å². The maximum atomic E-state index is 11.4. The van der Waals surface area contributed by atoms with E-state index in [2.05, 4.69) is 5.32 Å². The maximum Gasteiger partial charge on any atom is 0.328 e. The molecule has 0 saturated heterocycles. The normalized spacial score (nSPS) is 19.6. The van der Waals surface area contributed by atoms with Crippen molar-refractivity contribution in [2.75, 3.05) is 5.88 Å². The van der Waals surface area contributed by atoms with Crippen molar-refractivity contribution in [3.8, 4) is 0 Å². The molecule has 1 aliphatic rings. The second-order valence-corrected chi connectivity index (χ2v) is 6.98. The molecule has 17 heavy (non-hydrogen) atoms. The van der Waals surface area contributed by atoms with Crippen LogP contribution in [0, 0.1) is 0 Å². The summed E-state index contributed by atoms with van der Waals surface area (Å²) in [7, 11) is -3.89. The summed E-state index contributed by atoms with van der Waals surface area (Å²) in [5.41, 5.74) is 0. The lowest BCUT2D eigenvalue weighted by atomic mass is 9.96. The Labute approximate surface area is 111 Å². The topological polar surface area (TPSA) is 75.3 Å². The molecule has 1 aliphatic carbocycles. The number of alkyl halides is 2. The van der Waals surface area contributed by atoms with Gasteiger partial charge in [-0.15, -0.1) is 23.2 Å². The number of hydrogen-bond donors (Lipinski definition) is 2. The molecule has 100 valence electrons. The first-order chi connectivity index (χ1) is 7.95. The van der Waals surface area contributed by atoms with E-state index in [1.807, 2.05) is 4.72 Å². The van der Waals surface area contributed by atoms with Crippen LogP contribution in [0.4, 0.5) is 4.79 Å². The van der Waals surface area contributed by atoms with Crippen LogP contribution in [0.2, 0.25) is 0 Å².